The summed E-state index contributed by atoms with van der Waals surface area (Å²) in [5.74, 6) is 0.581. The lowest BCUT2D eigenvalue weighted by Crippen LogP contribution is -2.32. The molecule has 3 N–H and O–H groups in total. The second-order valence-electron chi connectivity index (χ2n) is 5.86. The highest BCUT2D eigenvalue weighted by atomic mass is 16.1. The number of aromatic amines is 1. The van der Waals surface area contributed by atoms with Crippen LogP contribution >= 0.6 is 0 Å². The number of hydrogen-bond acceptors (Lipinski definition) is 3. The van der Waals surface area contributed by atoms with E-state index in [1.165, 1.54) is 0 Å². The van der Waals surface area contributed by atoms with Crippen LogP contribution < -0.4 is 11.3 Å². The maximum atomic E-state index is 12.0. The van der Waals surface area contributed by atoms with E-state index in [1.807, 2.05) is 0 Å². The maximum Gasteiger partial charge on any atom is 0.256 e. The highest BCUT2D eigenvalue weighted by Gasteiger charge is 2.61. The number of rotatable bonds is 0. The van der Waals surface area contributed by atoms with Crippen molar-refractivity contribution in [2.24, 2.45) is 5.41 Å². The van der Waals surface area contributed by atoms with Crippen LogP contribution in [0.2, 0.25) is 0 Å². The maximum absolute atomic E-state index is 12.0. The Morgan fingerprint density at radius 3 is 2.81 bits per heavy atom. The number of nitrogen functional groups attached to an aromatic ring is 1. The molecule has 1 fully saturated rings. The van der Waals surface area contributed by atoms with E-state index >= 15 is 0 Å². The molecule has 0 radical (unpaired) electrons. The first-order valence-electron chi connectivity index (χ1n) is 5.78. The molecule has 2 unspecified atom stereocenters. The summed E-state index contributed by atoms with van der Waals surface area (Å²) in [6.45, 7) is 6.69. The average molecular weight is 219 g/mol. The molecule has 0 aliphatic heterocycles. The normalized spacial score (nSPS) is 34.1. The molecule has 3 rings (SSSR count). The summed E-state index contributed by atoms with van der Waals surface area (Å²) in [7, 11) is 0. The van der Waals surface area contributed by atoms with Gasteiger partial charge in [-0.1, -0.05) is 20.8 Å². The number of anilines is 1. The molecule has 16 heavy (non-hydrogen) atoms. The van der Waals surface area contributed by atoms with Gasteiger partial charge in [0.15, 0.2) is 0 Å². The molecule has 1 saturated carbocycles. The number of nitrogens with two attached hydrogens (primary N) is 1. The largest absolute Gasteiger partial charge is 0.369 e. The number of nitrogens with one attached hydrogen (secondary N) is 1. The van der Waals surface area contributed by atoms with E-state index in [1.54, 1.807) is 0 Å². The molecular weight excluding hydrogens is 202 g/mol. The van der Waals surface area contributed by atoms with Crippen molar-refractivity contribution in [2.45, 2.75) is 44.9 Å². The fourth-order valence-corrected chi connectivity index (χ4v) is 3.67. The molecule has 0 spiro atoms. The number of aromatic nitrogens is 2. The van der Waals surface area contributed by atoms with E-state index in [9.17, 15) is 4.79 Å². The van der Waals surface area contributed by atoms with Crippen LogP contribution in [-0.2, 0) is 5.41 Å². The van der Waals surface area contributed by atoms with Crippen molar-refractivity contribution in [3.63, 3.8) is 0 Å². The van der Waals surface area contributed by atoms with Gasteiger partial charge in [-0.15, -0.1) is 0 Å². The zero-order valence-corrected chi connectivity index (χ0v) is 9.92. The number of H-pyrrole nitrogens is 1. The van der Waals surface area contributed by atoms with Gasteiger partial charge < -0.3 is 5.73 Å². The molecule has 0 amide bonds. The van der Waals surface area contributed by atoms with Crippen LogP contribution in [0.3, 0.4) is 0 Å². The minimum Gasteiger partial charge on any atom is -0.369 e. The molecule has 0 aromatic carbocycles. The van der Waals surface area contributed by atoms with Crippen LogP contribution in [0.1, 0.15) is 50.8 Å². The number of nitrogens with zero attached hydrogens (tertiary/aromatic N) is 1. The molecular formula is C12H17N3O. The van der Waals surface area contributed by atoms with Crippen molar-refractivity contribution < 1.29 is 0 Å². The monoisotopic (exact) mass is 219 g/mol. The predicted octanol–water partition coefficient (Wildman–Crippen LogP) is 1.53. The van der Waals surface area contributed by atoms with Gasteiger partial charge in [0.25, 0.3) is 5.56 Å². The van der Waals surface area contributed by atoms with E-state index in [0.717, 1.165) is 24.1 Å². The first-order chi connectivity index (χ1) is 7.38. The van der Waals surface area contributed by atoms with Gasteiger partial charge in [0.2, 0.25) is 5.95 Å². The van der Waals surface area contributed by atoms with E-state index < -0.39 is 0 Å². The first kappa shape index (κ1) is 9.87. The van der Waals surface area contributed by atoms with Gasteiger partial charge in [-0.2, -0.15) is 0 Å². The van der Waals surface area contributed by atoms with Crippen molar-refractivity contribution in [3.8, 4) is 0 Å². The first-order valence-corrected chi connectivity index (χ1v) is 5.78. The Bertz CT molecular complexity index is 532. The zero-order chi connectivity index (χ0) is 11.7. The third kappa shape index (κ3) is 0.829. The summed E-state index contributed by atoms with van der Waals surface area (Å²) in [4.78, 5) is 19.0. The lowest BCUT2D eigenvalue weighted by atomic mass is 9.70. The molecule has 2 bridgehead atoms. The second-order valence-corrected chi connectivity index (χ2v) is 5.86. The average Bonchev–Trinajstić information content (AvgIpc) is 2.48. The fraction of sp³-hybridized carbons (Fsp3) is 0.667. The molecule has 4 heteroatoms. The van der Waals surface area contributed by atoms with Crippen molar-refractivity contribution in [3.05, 3.63) is 21.6 Å². The van der Waals surface area contributed by atoms with Gasteiger partial charge in [-0.25, -0.2) is 4.98 Å². The van der Waals surface area contributed by atoms with Gasteiger partial charge in [0.1, 0.15) is 0 Å². The molecule has 2 aliphatic rings. The Balaban J connectivity index is 2.39. The second kappa shape index (κ2) is 2.50. The summed E-state index contributed by atoms with van der Waals surface area (Å²) in [5, 5.41) is 0. The van der Waals surface area contributed by atoms with Gasteiger partial charge in [0.05, 0.1) is 5.69 Å². The molecule has 1 aromatic rings. The summed E-state index contributed by atoms with van der Waals surface area (Å²) in [6.07, 6.45) is 2.19. The van der Waals surface area contributed by atoms with Crippen molar-refractivity contribution in [1.82, 2.24) is 9.97 Å². The highest BCUT2D eigenvalue weighted by molar-refractivity contribution is 5.45. The lowest BCUT2D eigenvalue weighted by molar-refractivity contribution is 0.227. The molecule has 1 aromatic heterocycles. The van der Waals surface area contributed by atoms with Crippen LogP contribution in [0.4, 0.5) is 5.95 Å². The molecule has 2 atom stereocenters. The predicted molar refractivity (Wildman–Crippen MR) is 62.4 cm³/mol. The van der Waals surface area contributed by atoms with Gasteiger partial charge in [-0.3, -0.25) is 9.78 Å². The topological polar surface area (TPSA) is 71.8 Å². The Kier molecular flexibility index (Phi) is 1.54. The third-order valence-electron chi connectivity index (χ3n) is 5.07. The van der Waals surface area contributed by atoms with Crippen LogP contribution in [-0.4, -0.2) is 9.97 Å². The summed E-state index contributed by atoms with van der Waals surface area (Å²) in [6, 6.07) is 0. The minimum absolute atomic E-state index is 0.00931. The lowest BCUT2D eigenvalue weighted by Gasteiger charge is -2.34. The summed E-state index contributed by atoms with van der Waals surface area (Å²) >= 11 is 0. The molecule has 86 valence electrons. The molecule has 2 aliphatic carbocycles. The van der Waals surface area contributed by atoms with Crippen LogP contribution in [0.5, 0.6) is 0 Å². The van der Waals surface area contributed by atoms with Gasteiger partial charge >= 0.3 is 0 Å². The molecule has 4 nitrogen and oxygen atoms in total. The minimum atomic E-state index is -0.0380. The van der Waals surface area contributed by atoms with Crippen LogP contribution in [0.15, 0.2) is 4.79 Å². The Morgan fingerprint density at radius 1 is 1.44 bits per heavy atom. The van der Waals surface area contributed by atoms with Crippen LogP contribution in [0, 0.1) is 5.41 Å². The standard InChI is InChI=1S/C12H17N3O/c1-11(2)6-4-5-12(11,3)8-7(6)9(16)15-10(13)14-8/h6H,4-5H2,1-3H3,(H3,13,14,15,16). The van der Waals surface area contributed by atoms with Gasteiger partial charge in [-0.05, 0) is 24.2 Å². The van der Waals surface area contributed by atoms with Crippen LogP contribution in [0.25, 0.3) is 0 Å². The summed E-state index contributed by atoms with van der Waals surface area (Å²) < 4.78 is 0. The number of hydrogen-bond donors (Lipinski definition) is 2. The van der Waals surface area contributed by atoms with Crippen molar-refractivity contribution in [1.29, 1.82) is 0 Å². The molecule has 1 heterocycles. The van der Waals surface area contributed by atoms with E-state index in [4.69, 9.17) is 5.73 Å². The fourth-order valence-electron chi connectivity index (χ4n) is 3.67. The van der Waals surface area contributed by atoms with Crippen molar-refractivity contribution >= 4 is 5.95 Å². The van der Waals surface area contributed by atoms with Gasteiger partial charge in [0, 0.05) is 11.0 Å². The smallest absolute Gasteiger partial charge is 0.256 e. The quantitative estimate of drug-likeness (QED) is 0.695. The summed E-state index contributed by atoms with van der Waals surface area (Å²) in [5.41, 5.74) is 7.55. The van der Waals surface area contributed by atoms with Crippen molar-refractivity contribution in [2.75, 3.05) is 5.73 Å². The van der Waals surface area contributed by atoms with E-state index in [0.29, 0.717) is 5.92 Å². The Hall–Kier alpha value is -1.32. The van der Waals surface area contributed by atoms with E-state index in [2.05, 4.69) is 30.7 Å². The highest BCUT2D eigenvalue weighted by Crippen LogP contribution is 2.66. The Morgan fingerprint density at radius 2 is 2.12 bits per heavy atom. The number of fused-ring (bicyclic) bond motifs is 5. The Labute approximate surface area is 94.3 Å². The SMILES string of the molecule is CC12CCC(c3c1nc(N)[nH]c3=O)C2(C)C. The third-order valence-corrected chi connectivity index (χ3v) is 5.07. The van der Waals surface area contributed by atoms with E-state index in [-0.39, 0.29) is 22.3 Å². The molecule has 0 saturated heterocycles. The zero-order valence-electron chi connectivity index (χ0n) is 9.92.